The van der Waals surface area contributed by atoms with Gasteiger partial charge in [-0.25, -0.2) is 4.79 Å². The van der Waals surface area contributed by atoms with Gasteiger partial charge in [0.15, 0.2) is 0 Å². The summed E-state index contributed by atoms with van der Waals surface area (Å²) in [5.41, 5.74) is 2.44. The second kappa shape index (κ2) is 5.51. The van der Waals surface area contributed by atoms with Crippen molar-refractivity contribution in [3.63, 3.8) is 0 Å². The largest absolute Gasteiger partial charge is 0.478 e. The SMILES string of the molecule is Cc1cc(NC(=O)C2CCCC2(C)C)cc(C(=O)O)c1C. The molecule has 0 bridgehead atoms. The van der Waals surface area contributed by atoms with Crippen LogP contribution in [0.1, 0.15) is 54.6 Å². The highest BCUT2D eigenvalue weighted by Crippen LogP contribution is 2.43. The average molecular weight is 289 g/mol. The van der Waals surface area contributed by atoms with E-state index in [1.54, 1.807) is 13.0 Å². The van der Waals surface area contributed by atoms with Crippen LogP contribution in [-0.4, -0.2) is 17.0 Å². The number of aryl methyl sites for hydroxylation is 1. The van der Waals surface area contributed by atoms with E-state index in [1.165, 1.54) is 0 Å². The molecule has 114 valence electrons. The van der Waals surface area contributed by atoms with Gasteiger partial charge in [-0.1, -0.05) is 20.3 Å². The first-order chi connectivity index (χ1) is 9.72. The Bertz CT molecular complexity index is 590. The first-order valence-electron chi connectivity index (χ1n) is 7.38. The molecule has 1 amide bonds. The Morgan fingerprint density at radius 1 is 1.29 bits per heavy atom. The lowest BCUT2D eigenvalue weighted by Crippen LogP contribution is -2.30. The zero-order valence-corrected chi connectivity index (χ0v) is 13.1. The maximum atomic E-state index is 12.4. The highest BCUT2D eigenvalue weighted by molar-refractivity contribution is 5.96. The first kappa shape index (κ1) is 15.5. The Morgan fingerprint density at radius 2 is 1.95 bits per heavy atom. The summed E-state index contributed by atoms with van der Waals surface area (Å²) in [5, 5.41) is 12.1. The Labute approximate surface area is 125 Å². The van der Waals surface area contributed by atoms with Crippen LogP contribution in [0.3, 0.4) is 0 Å². The van der Waals surface area contributed by atoms with Crippen LogP contribution in [0.2, 0.25) is 0 Å². The van der Waals surface area contributed by atoms with Crippen LogP contribution in [0.5, 0.6) is 0 Å². The van der Waals surface area contributed by atoms with Crippen molar-refractivity contribution < 1.29 is 14.7 Å². The van der Waals surface area contributed by atoms with Gasteiger partial charge in [-0.3, -0.25) is 4.79 Å². The molecule has 1 unspecified atom stereocenters. The number of anilines is 1. The minimum Gasteiger partial charge on any atom is -0.478 e. The molecule has 1 aromatic rings. The number of carboxylic acid groups (broad SMARTS) is 1. The highest BCUT2D eigenvalue weighted by Gasteiger charge is 2.39. The fourth-order valence-electron chi connectivity index (χ4n) is 3.20. The number of carboxylic acids is 1. The van der Waals surface area contributed by atoms with Gasteiger partial charge >= 0.3 is 5.97 Å². The Kier molecular flexibility index (Phi) is 4.08. The number of aromatic carboxylic acids is 1. The smallest absolute Gasteiger partial charge is 0.336 e. The minimum atomic E-state index is -0.965. The van der Waals surface area contributed by atoms with Crippen molar-refractivity contribution in [1.29, 1.82) is 0 Å². The molecule has 0 saturated heterocycles. The Hall–Kier alpha value is -1.84. The predicted octanol–water partition coefficient (Wildman–Crippen LogP) is 3.77. The molecule has 1 aliphatic carbocycles. The van der Waals surface area contributed by atoms with E-state index in [4.69, 9.17) is 0 Å². The number of hydrogen-bond acceptors (Lipinski definition) is 2. The molecule has 0 radical (unpaired) electrons. The van der Waals surface area contributed by atoms with Gasteiger partial charge < -0.3 is 10.4 Å². The zero-order chi connectivity index (χ0) is 15.8. The number of hydrogen-bond donors (Lipinski definition) is 2. The lowest BCUT2D eigenvalue weighted by atomic mass is 9.81. The topological polar surface area (TPSA) is 66.4 Å². The molecule has 1 aliphatic rings. The maximum absolute atomic E-state index is 12.4. The molecular formula is C17H23NO3. The van der Waals surface area contributed by atoms with E-state index in [1.807, 2.05) is 13.0 Å². The van der Waals surface area contributed by atoms with Crippen LogP contribution >= 0.6 is 0 Å². The van der Waals surface area contributed by atoms with E-state index in [-0.39, 0.29) is 22.8 Å². The summed E-state index contributed by atoms with van der Waals surface area (Å²) in [6.07, 6.45) is 3.02. The molecule has 1 fully saturated rings. The predicted molar refractivity (Wildman–Crippen MR) is 82.6 cm³/mol. The van der Waals surface area contributed by atoms with Crippen LogP contribution < -0.4 is 5.32 Å². The van der Waals surface area contributed by atoms with Gasteiger partial charge in [0.2, 0.25) is 5.91 Å². The second-order valence-electron chi connectivity index (χ2n) is 6.69. The molecule has 4 heteroatoms. The van der Waals surface area contributed by atoms with Gasteiger partial charge in [-0.2, -0.15) is 0 Å². The molecule has 2 N–H and O–H groups in total. The van der Waals surface area contributed by atoms with Gasteiger partial charge in [0.25, 0.3) is 0 Å². The molecule has 0 heterocycles. The third-order valence-electron chi connectivity index (χ3n) is 4.74. The van der Waals surface area contributed by atoms with E-state index in [0.717, 1.165) is 30.4 Å². The van der Waals surface area contributed by atoms with Crippen molar-refractivity contribution >= 4 is 17.6 Å². The summed E-state index contributed by atoms with van der Waals surface area (Å²) in [5.74, 6) is -0.975. The molecule has 4 nitrogen and oxygen atoms in total. The summed E-state index contributed by atoms with van der Waals surface area (Å²) in [7, 11) is 0. The van der Waals surface area contributed by atoms with Crippen LogP contribution in [0.25, 0.3) is 0 Å². The average Bonchev–Trinajstić information content (AvgIpc) is 2.72. The number of rotatable bonds is 3. The summed E-state index contributed by atoms with van der Waals surface area (Å²) < 4.78 is 0. The number of nitrogens with one attached hydrogen (secondary N) is 1. The molecule has 2 rings (SSSR count). The fourth-order valence-corrected chi connectivity index (χ4v) is 3.20. The molecular weight excluding hydrogens is 266 g/mol. The van der Waals surface area contributed by atoms with Gasteiger partial charge in [-0.05, 0) is 55.4 Å². The van der Waals surface area contributed by atoms with Crippen LogP contribution in [0.4, 0.5) is 5.69 Å². The van der Waals surface area contributed by atoms with Crippen molar-refractivity contribution in [2.24, 2.45) is 11.3 Å². The molecule has 0 aromatic heterocycles. The Balaban J connectivity index is 2.24. The van der Waals surface area contributed by atoms with E-state index < -0.39 is 5.97 Å². The molecule has 1 atom stereocenters. The Morgan fingerprint density at radius 3 is 2.48 bits per heavy atom. The van der Waals surface area contributed by atoms with Crippen LogP contribution in [0, 0.1) is 25.2 Å². The lowest BCUT2D eigenvalue weighted by molar-refractivity contribution is -0.122. The van der Waals surface area contributed by atoms with E-state index in [9.17, 15) is 14.7 Å². The number of amides is 1. The second-order valence-corrected chi connectivity index (χ2v) is 6.69. The highest BCUT2D eigenvalue weighted by atomic mass is 16.4. The van der Waals surface area contributed by atoms with E-state index in [0.29, 0.717) is 5.69 Å². The van der Waals surface area contributed by atoms with Crippen molar-refractivity contribution in [3.05, 3.63) is 28.8 Å². The van der Waals surface area contributed by atoms with Crippen molar-refractivity contribution in [3.8, 4) is 0 Å². The molecule has 1 aromatic carbocycles. The van der Waals surface area contributed by atoms with Crippen LogP contribution in [-0.2, 0) is 4.79 Å². The number of carbonyl (C=O) groups excluding carboxylic acids is 1. The lowest BCUT2D eigenvalue weighted by Gasteiger charge is -2.26. The first-order valence-corrected chi connectivity index (χ1v) is 7.38. The monoisotopic (exact) mass is 289 g/mol. The minimum absolute atomic E-state index is 0.00269. The molecule has 0 aliphatic heterocycles. The van der Waals surface area contributed by atoms with Gasteiger partial charge in [-0.15, -0.1) is 0 Å². The van der Waals surface area contributed by atoms with E-state index >= 15 is 0 Å². The quantitative estimate of drug-likeness (QED) is 0.890. The molecule has 1 saturated carbocycles. The number of carbonyl (C=O) groups is 2. The summed E-state index contributed by atoms with van der Waals surface area (Å²) in [6.45, 7) is 7.88. The van der Waals surface area contributed by atoms with Crippen molar-refractivity contribution in [2.45, 2.75) is 47.0 Å². The third kappa shape index (κ3) is 3.09. The van der Waals surface area contributed by atoms with Gasteiger partial charge in [0, 0.05) is 11.6 Å². The molecule has 0 spiro atoms. The maximum Gasteiger partial charge on any atom is 0.336 e. The van der Waals surface area contributed by atoms with Crippen molar-refractivity contribution in [1.82, 2.24) is 0 Å². The van der Waals surface area contributed by atoms with Gasteiger partial charge in [0.05, 0.1) is 5.56 Å². The normalized spacial score (nSPS) is 20.3. The molecule has 21 heavy (non-hydrogen) atoms. The van der Waals surface area contributed by atoms with Crippen molar-refractivity contribution in [2.75, 3.05) is 5.32 Å². The summed E-state index contributed by atoms with van der Waals surface area (Å²) in [6, 6.07) is 3.38. The van der Waals surface area contributed by atoms with E-state index in [2.05, 4.69) is 19.2 Å². The van der Waals surface area contributed by atoms with Gasteiger partial charge in [0.1, 0.15) is 0 Å². The van der Waals surface area contributed by atoms with Crippen LogP contribution in [0.15, 0.2) is 12.1 Å². The fraction of sp³-hybridized carbons (Fsp3) is 0.529. The zero-order valence-electron chi connectivity index (χ0n) is 13.1. The number of benzene rings is 1. The third-order valence-corrected chi connectivity index (χ3v) is 4.74. The standard InChI is InChI=1S/C17H23NO3/c1-10-8-12(9-13(11(10)2)16(20)21)18-15(19)14-6-5-7-17(14,3)4/h8-9,14H,5-7H2,1-4H3,(H,18,19)(H,20,21). The summed E-state index contributed by atoms with van der Waals surface area (Å²) in [4.78, 5) is 23.7. The summed E-state index contributed by atoms with van der Waals surface area (Å²) >= 11 is 0.